The fraction of sp³-hybridized carbons (Fsp3) is 0.562. The molecule has 0 bridgehead atoms. The van der Waals surface area contributed by atoms with E-state index in [1.54, 1.807) is 0 Å². The Morgan fingerprint density at radius 3 is 3.15 bits per heavy atom. The SMILES string of the molecule is Nc1cccc2c1CCCN2C(=O)CCC1CCNC1. The number of fused-ring (bicyclic) bond motifs is 1. The number of rotatable bonds is 3. The second-order valence-corrected chi connectivity index (χ2v) is 5.89. The zero-order chi connectivity index (χ0) is 13.9. The van der Waals surface area contributed by atoms with Crippen LogP contribution in [0.1, 0.15) is 31.2 Å². The molecule has 3 rings (SSSR count). The molecule has 1 atom stereocenters. The number of nitrogens with zero attached hydrogens (tertiary/aromatic N) is 1. The first kappa shape index (κ1) is 13.4. The highest BCUT2D eigenvalue weighted by atomic mass is 16.2. The summed E-state index contributed by atoms with van der Waals surface area (Å²) >= 11 is 0. The summed E-state index contributed by atoms with van der Waals surface area (Å²) in [7, 11) is 0. The van der Waals surface area contributed by atoms with Crippen molar-refractivity contribution in [1.82, 2.24) is 5.32 Å². The number of nitrogen functional groups attached to an aromatic ring is 1. The number of hydrogen-bond acceptors (Lipinski definition) is 3. The van der Waals surface area contributed by atoms with Crippen LogP contribution < -0.4 is 16.0 Å². The van der Waals surface area contributed by atoms with E-state index in [-0.39, 0.29) is 5.91 Å². The Bertz CT molecular complexity index is 494. The van der Waals surface area contributed by atoms with Gasteiger partial charge < -0.3 is 16.0 Å². The van der Waals surface area contributed by atoms with Crippen molar-refractivity contribution >= 4 is 17.3 Å². The summed E-state index contributed by atoms with van der Waals surface area (Å²) in [6, 6.07) is 5.90. The van der Waals surface area contributed by atoms with Crippen LogP contribution in [-0.4, -0.2) is 25.5 Å². The molecule has 0 radical (unpaired) electrons. The first-order valence-electron chi connectivity index (χ1n) is 7.64. The van der Waals surface area contributed by atoms with Gasteiger partial charge in [0.25, 0.3) is 0 Å². The van der Waals surface area contributed by atoms with Gasteiger partial charge in [0.05, 0.1) is 0 Å². The molecule has 0 spiro atoms. The maximum Gasteiger partial charge on any atom is 0.226 e. The quantitative estimate of drug-likeness (QED) is 0.827. The van der Waals surface area contributed by atoms with Gasteiger partial charge in [-0.2, -0.15) is 0 Å². The van der Waals surface area contributed by atoms with Crippen LogP contribution in [-0.2, 0) is 11.2 Å². The summed E-state index contributed by atoms with van der Waals surface area (Å²) in [5, 5.41) is 3.36. The van der Waals surface area contributed by atoms with Gasteiger partial charge in [0.15, 0.2) is 0 Å². The van der Waals surface area contributed by atoms with Crippen molar-refractivity contribution in [2.24, 2.45) is 5.92 Å². The van der Waals surface area contributed by atoms with Gasteiger partial charge in [0, 0.05) is 24.3 Å². The molecule has 0 aliphatic carbocycles. The number of amides is 1. The molecule has 3 N–H and O–H groups in total. The van der Waals surface area contributed by atoms with E-state index < -0.39 is 0 Å². The largest absolute Gasteiger partial charge is 0.398 e. The molecule has 1 aromatic rings. The normalized spacial score (nSPS) is 21.8. The highest BCUT2D eigenvalue weighted by molar-refractivity contribution is 5.95. The van der Waals surface area contributed by atoms with Gasteiger partial charge in [-0.05, 0) is 62.4 Å². The molecule has 1 fully saturated rings. The fourth-order valence-electron chi connectivity index (χ4n) is 3.33. The summed E-state index contributed by atoms with van der Waals surface area (Å²) in [5.74, 6) is 0.924. The second-order valence-electron chi connectivity index (χ2n) is 5.89. The van der Waals surface area contributed by atoms with E-state index in [0.717, 1.165) is 55.8 Å². The molecule has 108 valence electrons. The molecular weight excluding hydrogens is 250 g/mol. The minimum Gasteiger partial charge on any atom is -0.398 e. The van der Waals surface area contributed by atoms with E-state index in [1.807, 2.05) is 23.1 Å². The van der Waals surface area contributed by atoms with Crippen molar-refractivity contribution in [1.29, 1.82) is 0 Å². The Morgan fingerprint density at radius 2 is 2.35 bits per heavy atom. The number of nitrogens with one attached hydrogen (secondary N) is 1. The Kier molecular flexibility index (Phi) is 3.92. The van der Waals surface area contributed by atoms with Gasteiger partial charge in [-0.3, -0.25) is 4.79 Å². The molecule has 4 heteroatoms. The third-order valence-electron chi connectivity index (χ3n) is 4.52. The molecule has 1 aromatic carbocycles. The lowest BCUT2D eigenvalue weighted by Gasteiger charge is -2.30. The molecule has 2 aliphatic rings. The summed E-state index contributed by atoms with van der Waals surface area (Å²) < 4.78 is 0. The minimum absolute atomic E-state index is 0.253. The highest BCUT2D eigenvalue weighted by Gasteiger charge is 2.24. The van der Waals surface area contributed by atoms with Crippen molar-refractivity contribution in [2.75, 3.05) is 30.3 Å². The van der Waals surface area contributed by atoms with Gasteiger partial charge >= 0.3 is 0 Å². The Morgan fingerprint density at radius 1 is 1.45 bits per heavy atom. The number of benzene rings is 1. The number of carbonyl (C=O) groups is 1. The van der Waals surface area contributed by atoms with Crippen LogP contribution in [0.15, 0.2) is 18.2 Å². The smallest absolute Gasteiger partial charge is 0.226 e. The summed E-state index contributed by atoms with van der Waals surface area (Å²) in [6.45, 7) is 3.00. The third-order valence-corrected chi connectivity index (χ3v) is 4.52. The van der Waals surface area contributed by atoms with E-state index in [4.69, 9.17) is 5.73 Å². The van der Waals surface area contributed by atoms with Crippen LogP contribution in [0.2, 0.25) is 0 Å². The maximum atomic E-state index is 12.5. The van der Waals surface area contributed by atoms with Crippen molar-refractivity contribution in [2.45, 2.75) is 32.1 Å². The zero-order valence-electron chi connectivity index (χ0n) is 11.9. The number of nitrogens with two attached hydrogens (primary N) is 1. The van der Waals surface area contributed by atoms with Crippen molar-refractivity contribution in [3.8, 4) is 0 Å². The van der Waals surface area contributed by atoms with Crippen LogP contribution in [0.4, 0.5) is 11.4 Å². The molecule has 0 aromatic heterocycles. The van der Waals surface area contributed by atoms with Crippen LogP contribution >= 0.6 is 0 Å². The lowest BCUT2D eigenvalue weighted by molar-refractivity contribution is -0.119. The molecule has 1 unspecified atom stereocenters. The zero-order valence-corrected chi connectivity index (χ0v) is 11.9. The monoisotopic (exact) mass is 273 g/mol. The average Bonchev–Trinajstić information content (AvgIpc) is 2.98. The maximum absolute atomic E-state index is 12.5. The van der Waals surface area contributed by atoms with Crippen LogP contribution in [0, 0.1) is 5.92 Å². The predicted molar refractivity (Wildman–Crippen MR) is 81.7 cm³/mol. The molecule has 2 aliphatic heterocycles. The fourth-order valence-corrected chi connectivity index (χ4v) is 3.33. The lowest BCUT2D eigenvalue weighted by Crippen LogP contribution is -2.35. The van der Waals surface area contributed by atoms with E-state index in [1.165, 1.54) is 6.42 Å². The first-order chi connectivity index (χ1) is 9.75. The number of hydrogen-bond donors (Lipinski definition) is 2. The minimum atomic E-state index is 0.253. The molecule has 0 saturated carbocycles. The van der Waals surface area contributed by atoms with Crippen molar-refractivity contribution in [3.63, 3.8) is 0 Å². The van der Waals surface area contributed by atoms with Crippen LogP contribution in [0.25, 0.3) is 0 Å². The highest BCUT2D eigenvalue weighted by Crippen LogP contribution is 2.32. The van der Waals surface area contributed by atoms with E-state index in [9.17, 15) is 4.79 Å². The molecule has 1 amide bonds. The van der Waals surface area contributed by atoms with E-state index >= 15 is 0 Å². The molecule has 4 nitrogen and oxygen atoms in total. The van der Waals surface area contributed by atoms with Crippen molar-refractivity contribution < 1.29 is 4.79 Å². The van der Waals surface area contributed by atoms with Crippen molar-refractivity contribution in [3.05, 3.63) is 23.8 Å². The van der Waals surface area contributed by atoms with Gasteiger partial charge in [-0.1, -0.05) is 6.07 Å². The number of anilines is 2. The Hall–Kier alpha value is -1.55. The average molecular weight is 273 g/mol. The Balaban J connectivity index is 1.68. The third kappa shape index (κ3) is 2.66. The van der Waals surface area contributed by atoms with Crippen LogP contribution in [0.3, 0.4) is 0 Å². The standard InChI is InChI=1S/C16H23N3O/c17-14-4-1-5-15-13(14)3-2-10-19(15)16(20)7-6-12-8-9-18-11-12/h1,4-5,12,18H,2-3,6-11,17H2. The molecular formula is C16H23N3O. The van der Waals surface area contributed by atoms with Gasteiger partial charge in [0.2, 0.25) is 5.91 Å². The van der Waals surface area contributed by atoms with Gasteiger partial charge in [-0.25, -0.2) is 0 Å². The summed E-state index contributed by atoms with van der Waals surface area (Å²) in [6.07, 6.45) is 4.85. The molecule has 20 heavy (non-hydrogen) atoms. The summed E-state index contributed by atoms with van der Waals surface area (Å²) in [5.41, 5.74) is 9.03. The van der Waals surface area contributed by atoms with E-state index in [2.05, 4.69) is 5.32 Å². The predicted octanol–water partition coefficient (Wildman–Crippen LogP) is 1.94. The lowest BCUT2D eigenvalue weighted by atomic mass is 9.98. The van der Waals surface area contributed by atoms with Gasteiger partial charge in [0.1, 0.15) is 0 Å². The first-order valence-corrected chi connectivity index (χ1v) is 7.64. The van der Waals surface area contributed by atoms with E-state index in [0.29, 0.717) is 12.3 Å². The summed E-state index contributed by atoms with van der Waals surface area (Å²) in [4.78, 5) is 14.4. The topological polar surface area (TPSA) is 58.4 Å². The van der Waals surface area contributed by atoms with Crippen LogP contribution in [0.5, 0.6) is 0 Å². The second kappa shape index (κ2) is 5.83. The Labute approximate surface area is 120 Å². The van der Waals surface area contributed by atoms with Gasteiger partial charge in [-0.15, -0.1) is 0 Å². The number of carbonyl (C=O) groups excluding carboxylic acids is 1. The molecule has 1 saturated heterocycles. The molecule has 2 heterocycles.